The standard InChI is InChI=1S/C17H27N3O2/c1-13-4-6-16(7-5-13)22-12-14(2)18-17(21)19-15-8-10-20(3)11-9-15/h4-7,14-15H,8-12H2,1-3H3,(H2,18,19,21). The van der Waals surface area contributed by atoms with Crippen molar-refractivity contribution in [3.8, 4) is 5.75 Å². The van der Waals surface area contributed by atoms with Gasteiger partial charge in [0.2, 0.25) is 0 Å². The highest BCUT2D eigenvalue weighted by Gasteiger charge is 2.19. The van der Waals surface area contributed by atoms with E-state index in [1.54, 1.807) is 0 Å². The first-order chi connectivity index (χ1) is 10.5. The third kappa shape index (κ3) is 5.56. The summed E-state index contributed by atoms with van der Waals surface area (Å²) in [6.45, 7) is 6.53. The zero-order chi connectivity index (χ0) is 15.9. The smallest absolute Gasteiger partial charge is 0.315 e. The van der Waals surface area contributed by atoms with Crippen LogP contribution in [0.3, 0.4) is 0 Å². The number of ether oxygens (including phenoxy) is 1. The predicted octanol–water partition coefficient (Wildman–Crippen LogP) is 2.16. The molecule has 1 heterocycles. The first-order valence-corrected chi connectivity index (χ1v) is 7.98. The number of nitrogens with zero attached hydrogens (tertiary/aromatic N) is 1. The zero-order valence-corrected chi connectivity index (χ0v) is 13.8. The number of hydrogen-bond acceptors (Lipinski definition) is 3. The van der Waals surface area contributed by atoms with Crippen LogP contribution in [0.15, 0.2) is 24.3 Å². The lowest BCUT2D eigenvalue weighted by Crippen LogP contribution is -2.50. The molecule has 2 amide bonds. The molecule has 5 heteroatoms. The van der Waals surface area contributed by atoms with Crippen LogP contribution in [0.4, 0.5) is 4.79 Å². The minimum absolute atomic E-state index is 0.0347. The number of nitrogens with one attached hydrogen (secondary N) is 2. The summed E-state index contributed by atoms with van der Waals surface area (Å²) in [5.74, 6) is 0.829. The number of amides is 2. The lowest BCUT2D eigenvalue weighted by molar-refractivity contribution is 0.206. The average molecular weight is 305 g/mol. The number of likely N-dealkylation sites (tertiary alicyclic amines) is 1. The van der Waals surface area contributed by atoms with E-state index in [-0.39, 0.29) is 18.1 Å². The lowest BCUT2D eigenvalue weighted by atomic mass is 10.1. The summed E-state index contributed by atoms with van der Waals surface area (Å²) in [7, 11) is 2.11. The molecule has 0 aromatic heterocycles. The summed E-state index contributed by atoms with van der Waals surface area (Å²) in [6.07, 6.45) is 2.02. The maximum Gasteiger partial charge on any atom is 0.315 e. The fourth-order valence-electron chi connectivity index (χ4n) is 2.50. The van der Waals surface area contributed by atoms with Crippen molar-refractivity contribution in [2.24, 2.45) is 0 Å². The molecule has 1 unspecified atom stereocenters. The third-order valence-electron chi connectivity index (χ3n) is 3.95. The van der Waals surface area contributed by atoms with Gasteiger partial charge in [-0.1, -0.05) is 17.7 Å². The largest absolute Gasteiger partial charge is 0.491 e. The number of carbonyl (C=O) groups is 1. The highest BCUT2D eigenvalue weighted by atomic mass is 16.5. The van der Waals surface area contributed by atoms with E-state index in [2.05, 4.69) is 22.6 Å². The number of carbonyl (C=O) groups excluding carboxylic acids is 1. The molecule has 1 aliphatic rings. The number of benzene rings is 1. The first-order valence-electron chi connectivity index (χ1n) is 7.98. The number of aryl methyl sites for hydroxylation is 1. The maximum absolute atomic E-state index is 12.0. The fourth-order valence-corrected chi connectivity index (χ4v) is 2.50. The molecule has 1 aliphatic heterocycles. The minimum atomic E-state index is -0.102. The van der Waals surface area contributed by atoms with Crippen molar-refractivity contribution in [1.29, 1.82) is 0 Å². The predicted molar refractivity (Wildman–Crippen MR) is 88.3 cm³/mol. The molecule has 1 aromatic rings. The average Bonchev–Trinajstić information content (AvgIpc) is 2.49. The van der Waals surface area contributed by atoms with Gasteiger partial charge in [0.15, 0.2) is 0 Å². The van der Waals surface area contributed by atoms with E-state index >= 15 is 0 Å². The van der Waals surface area contributed by atoms with Crippen molar-refractivity contribution in [2.75, 3.05) is 26.7 Å². The third-order valence-corrected chi connectivity index (χ3v) is 3.95. The Morgan fingerprint density at radius 2 is 1.95 bits per heavy atom. The van der Waals surface area contributed by atoms with Crippen molar-refractivity contribution in [2.45, 2.75) is 38.8 Å². The van der Waals surface area contributed by atoms with Gasteiger partial charge in [0, 0.05) is 6.04 Å². The van der Waals surface area contributed by atoms with Gasteiger partial charge in [-0.05, 0) is 59.0 Å². The van der Waals surface area contributed by atoms with Gasteiger partial charge >= 0.3 is 6.03 Å². The second-order valence-electron chi connectivity index (χ2n) is 6.22. The molecule has 1 fully saturated rings. The van der Waals surface area contributed by atoms with Crippen LogP contribution < -0.4 is 15.4 Å². The van der Waals surface area contributed by atoms with E-state index in [1.165, 1.54) is 5.56 Å². The van der Waals surface area contributed by atoms with Crippen LogP contribution in [0, 0.1) is 6.92 Å². The van der Waals surface area contributed by atoms with Gasteiger partial charge in [-0.25, -0.2) is 4.79 Å². The maximum atomic E-state index is 12.0. The number of urea groups is 1. The molecule has 1 saturated heterocycles. The Labute approximate surface area is 133 Å². The molecule has 0 saturated carbocycles. The minimum Gasteiger partial charge on any atom is -0.491 e. The molecule has 1 aromatic carbocycles. The molecular formula is C17H27N3O2. The van der Waals surface area contributed by atoms with Crippen molar-refractivity contribution in [1.82, 2.24) is 15.5 Å². The monoisotopic (exact) mass is 305 g/mol. The molecule has 1 atom stereocenters. The Hall–Kier alpha value is -1.75. The highest BCUT2D eigenvalue weighted by molar-refractivity contribution is 5.74. The van der Waals surface area contributed by atoms with Gasteiger partial charge in [-0.3, -0.25) is 0 Å². The molecule has 122 valence electrons. The van der Waals surface area contributed by atoms with Crippen molar-refractivity contribution >= 4 is 6.03 Å². The number of hydrogen-bond donors (Lipinski definition) is 2. The molecule has 22 heavy (non-hydrogen) atoms. The highest BCUT2D eigenvalue weighted by Crippen LogP contribution is 2.11. The zero-order valence-electron chi connectivity index (χ0n) is 13.8. The summed E-state index contributed by atoms with van der Waals surface area (Å²) >= 11 is 0. The van der Waals surface area contributed by atoms with E-state index in [1.807, 2.05) is 38.1 Å². The number of rotatable bonds is 5. The molecule has 5 nitrogen and oxygen atoms in total. The van der Waals surface area contributed by atoms with Crippen LogP contribution >= 0.6 is 0 Å². The molecule has 2 rings (SSSR count). The van der Waals surface area contributed by atoms with Crippen LogP contribution in [0.5, 0.6) is 5.75 Å². The quantitative estimate of drug-likeness (QED) is 0.876. The number of piperidine rings is 1. The Balaban J connectivity index is 1.66. The van der Waals surface area contributed by atoms with Crippen LogP contribution in [0.25, 0.3) is 0 Å². The Bertz CT molecular complexity index is 467. The second kappa shape index (κ2) is 8.03. The molecule has 0 radical (unpaired) electrons. The Kier molecular flexibility index (Phi) is 6.07. The van der Waals surface area contributed by atoms with Gasteiger partial charge < -0.3 is 20.3 Å². The fraction of sp³-hybridized carbons (Fsp3) is 0.588. The summed E-state index contributed by atoms with van der Waals surface area (Å²) in [6, 6.07) is 8.06. The second-order valence-corrected chi connectivity index (χ2v) is 6.22. The summed E-state index contributed by atoms with van der Waals surface area (Å²) in [5, 5.41) is 5.98. The molecule has 2 N–H and O–H groups in total. The molecule has 0 bridgehead atoms. The Morgan fingerprint density at radius 3 is 2.59 bits per heavy atom. The topological polar surface area (TPSA) is 53.6 Å². The van der Waals surface area contributed by atoms with Crippen molar-refractivity contribution in [3.05, 3.63) is 29.8 Å². The van der Waals surface area contributed by atoms with Gasteiger partial charge in [0.25, 0.3) is 0 Å². The van der Waals surface area contributed by atoms with Crippen LogP contribution in [0.1, 0.15) is 25.3 Å². The normalized spacial score (nSPS) is 17.8. The summed E-state index contributed by atoms with van der Waals surface area (Å²) in [4.78, 5) is 14.3. The first kappa shape index (κ1) is 16.6. The van der Waals surface area contributed by atoms with Gasteiger partial charge in [0.1, 0.15) is 12.4 Å². The van der Waals surface area contributed by atoms with E-state index in [0.717, 1.165) is 31.7 Å². The van der Waals surface area contributed by atoms with E-state index in [9.17, 15) is 4.79 Å². The summed E-state index contributed by atoms with van der Waals surface area (Å²) in [5.41, 5.74) is 1.20. The molecular weight excluding hydrogens is 278 g/mol. The van der Waals surface area contributed by atoms with Crippen molar-refractivity contribution in [3.63, 3.8) is 0 Å². The van der Waals surface area contributed by atoms with Gasteiger partial charge in [-0.2, -0.15) is 0 Å². The Morgan fingerprint density at radius 1 is 1.32 bits per heavy atom. The van der Waals surface area contributed by atoms with Crippen LogP contribution in [-0.2, 0) is 0 Å². The SMILES string of the molecule is Cc1ccc(OCC(C)NC(=O)NC2CCN(C)CC2)cc1. The van der Waals surface area contributed by atoms with Gasteiger partial charge in [-0.15, -0.1) is 0 Å². The van der Waals surface area contributed by atoms with Gasteiger partial charge in [0.05, 0.1) is 6.04 Å². The van der Waals surface area contributed by atoms with Crippen molar-refractivity contribution < 1.29 is 9.53 Å². The van der Waals surface area contributed by atoms with Crippen LogP contribution in [0.2, 0.25) is 0 Å². The van der Waals surface area contributed by atoms with Crippen LogP contribution in [-0.4, -0.2) is 49.8 Å². The molecule has 0 aliphatic carbocycles. The molecule has 0 spiro atoms. The van der Waals surface area contributed by atoms with E-state index < -0.39 is 0 Å². The van der Waals surface area contributed by atoms with E-state index in [4.69, 9.17) is 4.74 Å². The summed E-state index contributed by atoms with van der Waals surface area (Å²) < 4.78 is 5.68. The lowest BCUT2D eigenvalue weighted by Gasteiger charge is -2.29. The van der Waals surface area contributed by atoms with E-state index in [0.29, 0.717) is 6.61 Å².